The minimum Gasteiger partial charge on any atom is -0.461 e. The predicted molar refractivity (Wildman–Crippen MR) is 113 cm³/mol. The molecule has 2 N–H and O–H groups in total. The molecule has 3 rings (SSSR count). The third-order valence-electron chi connectivity index (χ3n) is 5.14. The average Bonchev–Trinajstić information content (AvgIpc) is 3.41. The van der Waals surface area contributed by atoms with Crippen LogP contribution in [0.1, 0.15) is 39.5 Å². The second kappa shape index (κ2) is 11.0. The molecule has 0 aliphatic heterocycles. The molecule has 1 fully saturated rings. The molecule has 1 aliphatic carbocycles. The van der Waals surface area contributed by atoms with Crippen molar-refractivity contribution < 1.29 is 23.5 Å². The van der Waals surface area contributed by atoms with Crippen LogP contribution >= 0.6 is 11.8 Å². The Morgan fingerprint density at radius 3 is 2.81 bits per heavy atom. The largest absolute Gasteiger partial charge is 0.461 e. The van der Waals surface area contributed by atoms with Gasteiger partial charge in [0.15, 0.2) is 23.3 Å². The van der Waals surface area contributed by atoms with Crippen LogP contribution < -0.4 is 10.6 Å². The Hall–Kier alpha value is -2.82. The van der Waals surface area contributed by atoms with E-state index in [2.05, 4.69) is 27.8 Å². The number of hydrogen-bond donors (Lipinski definition) is 2. The quantitative estimate of drug-likeness (QED) is 0.465. The topological polar surface area (TPSA) is 128 Å². The van der Waals surface area contributed by atoms with Crippen molar-refractivity contribution in [1.29, 1.82) is 0 Å². The fraction of sp³-hybridized carbons (Fsp3) is 0.550. The first kappa shape index (κ1) is 22.9. The smallest absolute Gasteiger partial charge is 0.321 e. The van der Waals surface area contributed by atoms with E-state index in [1.165, 1.54) is 0 Å². The fourth-order valence-corrected chi connectivity index (χ4v) is 4.28. The number of ether oxygens (including phenoxy) is 1. The first-order valence-corrected chi connectivity index (χ1v) is 11.3. The minimum absolute atomic E-state index is 0.0463. The Morgan fingerprint density at radius 2 is 2.10 bits per heavy atom. The van der Waals surface area contributed by atoms with Crippen molar-refractivity contribution in [3.8, 4) is 11.6 Å². The standard InChI is InChI=1S/C20H27N5O5S/c1-3-25-18(15-9-6-10-29-15)23-24-20(25)31-12-17(27)30-11-16(26)22-19(28)21-14-8-5-4-7-13(14)2/h6,9-10,13-14H,3-5,7-8,11-12H2,1-2H3,(H2,21,22,26,28)/t13-,14-/m1/s1. The lowest BCUT2D eigenvalue weighted by atomic mass is 9.86. The number of furan rings is 1. The molecule has 0 spiro atoms. The highest BCUT2D eigenvalue weighted by molar-refractivity contribution is 7.99. The maximum atomic E-state index is 12.0. The maximum absolute atomic E-state index is 12.0. The Balaban J connectivity index is 1.40. The zero-order valence-corrected chi connectivity index (χ0v) is 18.4. The molecule has 10 nitrogen and oxygen atoms in total. The fourth-order valence-electron chi connectivity index (χ4n) is 3.48. The summed E-state index contributed by atoms with van der Waals surface area (Å²) in [6.45, 7) is 4.09. The van der Waals surface area contributed by atoms with Gasteiger partial charge in [0, 0.05) is 12.6 Å². The monoisotopic (exact) mass is 449 g/mol. The summed E-state index contributed by atoms with van der Waals surface area (Å²) in [5.74, 6) is 0.225. The number of urea groups is 1. The first-order chi connectivity index (χ1) is 15.0. The molecule has 0 bridgehead atoms. The van der Waals surface area contributed by atoms with E-state index in [9.17, 15) is 14.4 Å². The van der Waals surface area contributed by atoms with Crippen LogP contribution in [0.25, 0.3) is 11.6 Å². The number of rotatable bonds is 8. The van der Waals surface area contributed by atoms with E-state index in [1.54, 1.807) is 18.4 Å². The zero-order chi connectivity index (χ0) is 22.2. The van der Waals surface area contributed by atoms with E-state index in [1.807, 2.05) is 11.5 Å². The molecule has 2 atom stereocenters. The molecular formula is C20H27N5O5S. The molecule has 1 saturated carbocycles. The predicted octanol–water partition coefficient (Wildman–Crippen LogP) is 2.60. The molecule has 2 heterocycles. The van der Waals surface area contributed by atoms with Gasteiger partial charge in [-0.05, 0) is 37.8 Å². The summed E-state index contributed by atoms with van der Waals surface area (Å²) in [6, 6.07) is 3.04. The molecule has 1 aliphatic rings. The summed E-state index contributed by atoms with van der Waals surface area (Å²) >= 11 is 1.15. The molecule has 168 valence electrons. The molecule has 0 radical (unpaired) electrons. The van der Waals surface area contributed by atoms with Crippen molar-refractivity contribution in [2.45, 2.75) is 57.3 Å². The summed E-state index contributed by atoms with van der Waals surface area (Å²) in [5.41, 5.74) is 0. The number of hydrogen-bond acceptors (Lipinski definition) is 8. The van der Waals surface area contributed by atoms with Crippen LogP contribution in [0.3, 0.4) is 0 Å². The van der Waals surface area contributed by atoms with E-state index in [-0.39, 0.29) is 11.8 Å². The molecule has 2 aromatic heterocycles. The van der Waals surface area contributed by atoms with Gasteiger partial charge in [0.2, 0.25) is 0 Å². The van der Waals surface area contributed by atoms with Crippen LogP contribution in [0.15, 0.2) is 28.0 Å². The van der Waals surface area contributed by atoms with E-state index < -0.39 is 24.5 Å². The SMILES string of the molecule is CCn1c(SCC(=O)OCC(=O)NC(=O)N[C@@H]2CCCC[C@H]2C)nnc1-c1ccco1. The lowest BCUT2D eigenvalue weighted by molar-refractivity contribution is -0.145. The number of nitrogens with zero attached hydrogens (tertiary/aromatic N) is 3. The third-order valence-corrected chi connectivity index (χ3v) is 6.08. The van der Waals surface area contributed by atoms with Gasteiger partial charge in [-0.2, -0.15) is 0 Å². The van der Waals surface area contributed by atoms with Gasteiger partial charge in [-0.25, -0.2) is 4.79 Å². The molecule has 31 heavy (non-hydrogen) atoms. The summed E-state index contributed by atoms with van der Waals surface area (Å²) in [4.78, 5) is 35.9. The van der Waals surface area contributed by atoms with Gasteiger partial charge in [-0.3, -0.25) is 19.5 Å². The summed E-state index contributed by atoms with van der Waals surface area (Å²) < 4.78 is 12.1. The van der Waals surface area contributed by atoms with Crippen LogP contribution in [0.4, 0.5) is 4.79 Å². The van der Waals surface area contributed by atoms with E-state index >= 15 is 0 Å². The van der Waals surface area contributed by atoms with Crippen LogP contribution in [0, 0.1) is 5.92 Å². The van der Waals surface area contributed by atoms with Crippen molar-refractivity contribution in [3.05, 3.63) is 18.4 Å². The second-order valence-corrected chi connectivity index (χ2v) is 8.31. The number of carbonyl (C=O) groups excluding carboxylic acids is 3. The van der Waals surface area contributed by atoms with Crippen LogP contribution in [0.2, 0.25) is 0 Å². The Bertz CT molecular complexity index is 898. The molecular weight excluding hydrogens is 422 g/mol. The summed E-state index contributed by atoms with van der Waals surface area (Å²) in [5, 5.41) is 13.8. The van der Waals surface area contributed by atoms with Crippen LogP contribution in [-0.2, 0) is 20.9 Å². The van der Waals surface area contributed by atoms with Crippen molar-refractivity contribution in [3.63, 3.8) is 0 Å². The van der Waals surface area contributed by atoms with E-state index in [0.29, 0.717) is 29.2 Å². The molecule has 2 aromatic rings. The highest BCUT2D eigenvalue weighted by Crippen LogP contribution is 2.24. The minimum atomic E-state index is -0.670. The normalized spacial score (nSPS) is 18.4. The van der Waals surface area contributed by atoms with Crippen molar-refractivity contribution in [1.82, 2.24) is 25.4 Å². The Kier molecular flexibility index (Phi) is 8.10. The van der Waals surface area contributed by atoms with Crippen molar-refractivity contribution in [2.24, 2.45) is 5.92 Å². The summed E-state index contributed by atoms with van der Waals surface area (Å²) in [6.07, 6.45) is 5.73. The second-order valence-electron chi connectivity index (χ2n) is 7.37. The molecule has 0 aromatic carbocycles. The number of carbonyl (C=O) groups is 3. The Morgan fingerprint density at radius 1 is 1.29 bits per heavy atom. The van der Waals surface area contributed by atoms with Crippen molar-refractivity contribution >= 4 is 29.7 Å². The third kappa shape index (κ3) is 6.33. The average molecular weight is 450 g/mol. The zero-order valence-electron chi connectivity index (χ0n) is 17.6. The molecule has 3 amide bonds. The van der Waals surface area contributed by atoms with Gasteiger partial charge in [-0.1, -0.05) is 31.5 Å². The van der Waals surface area contributed by atoms with Crippen LogP contribution in [-0.4, -0.2) is 51.1 Å². The number of thioether (sulfide) groups is 1. The van der Waals surface area contributed by atoms with Gasteiger partial charge in [-0.15, -0.1) is 10.2 Å². The Labute approximate surface area is 184 Å². The van der Waals surface area contributed by atoms with Crippen LogP contribution in [0.5, 0.6) is 0 Å². The van der Waals surface area contributed by atoms with Crippen molar-refractivity contribution in [2.75, 3.05) is 12.4 Å². The number of aromatic nitrogens is 3. The highest BCUT2D eigenvalue weighted by atomic mass is 32.2. The van der Waals surface area contributed by atoms with Gasteiger partial charge in [0.1, 0.15) is 0 Å². The van der Waals surface area contributed by atoms with Gasteiger partial charge in [0.05, 0.1) is 12.0 Å². The van der Waals surface area contributed by atoms with Gasteiger partial charge < -0.3 is 14.5 Å². The maximum Gasteiger partial charge on any atom is 0.321 e. The first-order valence-electron chi connectivity index (χ1n) is 10.3. The van der Waals surface area contributed by atoms with E-state index in [0.717, 1.165) is 37.4 Å². The molecule has 0 unspecified atom stereocenters. The van der Waals surface area contributed by atoms with Gasteiger partial charge >= 0.3 is 12.0 Å². The van der Waals surface area contributed by atoms with Gasteiger partial charge in [0.25, 0.3) is 5.91 Å². The highest BCUT2D eigenvalue weighted by Gasteiger charge is 2.23. The number of nitrogens with one attached hydrogen (secondary N) is 2. The number of esters is 1. The summed E-state index contributed by atoms with van der Waals surface area (Å²) in [7, 11) is 0. The lowest BCUT2D eigenvalue weighted by Crippen LogP contribution is -2.48. The number of imide groups is 1. The number of amides is 3. The molecule has 0 saturated heterocycles. The lowest BCUT2D eigenvalue weighted by Gasteiger charge is -2.29. The molecule has 11 heteroatoms. The van der Waals surface area contributed by atoms with E-state index in [4.69, 9.17) is 9.15 Å².